The maximum absolute atomic E-state index is 8.74. The number of aryl methyl sites for hydroxylation is 1. The molecule has 0 amide bonds. The zero-order valence-electron chi connectivity index (χ0n) is 12.5. The van der Waals surface area contributed by atoms with E-state index in [4.69, 9.17) is 10.00 Å². The molecule has 0 spiro atoms. The lowest BCUT2D eigenvalue weighted by Gasteiger charge is -2.17. The van der Waals surface area contributed by atoms with Gasteiger partial charge in [-0.1, -0.05) is 29.8 Å². The summed E-state index contributed by atoms with van der Waals surface area (Å²) in [5.74, 6) is 0.803. The zero-order valence-corrected chi connectivity index (χ0v) is 12.5. The lowest BCUT2D eigenvalue weighted by atomic mass is 10.1. The van der Waals surface area contributed by atoms with Crippen molar-refractivity contribution in [1.29, 1.82) is 5.26 Å². The molecule has 2 aromatic carbocycles. The summed E-state index contributed by atoms with van der Waals surface area (Å²) in [6, 6.07) is 17.9. The van der Waals surface area contributed by atoms with Gasteiger partial charge in [0.25, 0.3) is 0 Å². The minimum atomic E-state index is 0.633. The van der Waals surface area contributed by atoms with Gasteiger partial charge in [-0.2, -0.15) is 5.26 Å². The summed E-state index contributed by atoms with van der Waals surface area (Å²) < 4.78 is 5.68. The maximum Gasteiger partial charge on any atom is 0.119 e. The van der Waals surface area contributed by atoms with Gasteiger partial charge in [-0.05, 0) is 43.8 Å². The third kappa shape index (κ3) is 4.94. The second-order valence-corrected chi connectivity index (χ2v) is 5.21. The van der Waals surface area contributed by atoms with Crippen LogP contribution in [-0.2, 0) is 6.54 Å². The van der Waals surface area contributed by atoms with Gasteiger partial charge in [0, 0.05) is 13.1 Å². The maximum atomic E-state index is 8.74. The van der Waals surface area contributed by atoms with Crippen molar-refractivity contribution >= 4 is 0 Å². The first-order chi connectivity index (χ1) is 10.2. The molecule has 0 heterocycles. The molecule has 3 nitrogen and oxygen atoms in total. The smallest absolute Gasteiger partial charge is 0.119 e. The Bertz CT molecular complexity index is 597. The Morgan fingerprint density at radius 1 is 1.05 bits per heavy atom. The van der Waals surface area contributed by atoms with Gasteiger partial charge in [0.15, 0.2) is 0 Å². The summed E-state index contributed by atoms with van der Waals surface area (Å²) in [7, 11) is 2.09. The molecule has 2 rings (SSSR count). The van der Waals surface area contributed by atoms with Crippen LogP contribution >= 0.6 is 0 Å². The molecular formula is C18H20N2O. The van der Waals surface area contributed by atoms with Crippen molar-refractivity contribution in [3.05, 3.63) is 65.2 Å². The Kier molecular flexibility index (Phi) is 5.36. The van der Waals surface area contributed by atoms with Crippen molar-refractivity contribution in [2.45, 2.75) is 13.5 Å². The molecule has 0 aliphatic carbocycles. The van der Waals surface area contributed by atoms with Crippen LogP contribution in [0.25, 0.3) is 0 Å². The highest BCUT2D eigenvalue weighted by molar-refractivity contribution is 5.34. The topological polar surface area (TPSA) is 36.3 Å². The quantitative estimate of drug-likeness (QED) is 0.814. The van der Waals surface area contributed by atoms with E-state index in [2.05, 4.69) is 49.2 Å². The van der Waals surface area contributed by atoms with Crippen molar-refractivity contribution in [3.8, 4) is 11.8 Å². The molecule has 0 radical (unpaired) electrons. The van der Waals surface area contributed by atoms with E-state index < -0.39 is 0 Å². The molecule has 0 saturated heterocycles. The monoisotopic (exact) mass is 280 g/mol. The van der Waals surface area contributed by atoms with E-state index in [0.717, 1.165) is 18.8 Å². The molecule has 3 heteroatoms. The molecule has 108 valence electrons. The second-order valence-electron chi connectivity index (χ2n) is 5.21. The number of nitriles is 1. The number of nitrogens with zero attached hydrogens (tertiary/aromatic N) is 2. The van der Waals surface area contributed by atoms with Crippen LogP contribution in [-0.4, -0.2) is 25.1 Å². The van der Waals surface area contributed by atoms with Gasteiger partial charge in [0.2, 0.25) is 0 Å². The highest BCUT2D eigenvalue weighted by Crippen LogP contribution is 2.11. The molecule has 0 N–H and O–H groups in total. The Morgan fingerprint density at radius 2 is 1.71 bits per heavy atom. The normalized spacial score (nSPS) is 10.4. The molecule has 0 unspecified atom stereocenters. The number of benzene rings is 2. The van der Waals surface area contributed by atoms with Crippen LogP contribution in [0, 0.1) is 18.3 Å². The van der Waals surface area contributed by atoms with Gasteiger partial charge in [-0.15, -0.1) is 0 Å². The summed E-state index contributed by atoms with van der Waals surface area (Å²) in [6.45, 7) is 4.50. The second kappa shape index (κ2) is 7.47. The van der Waals surface area contributed by atoms with E-state index in [9.17, 15) is 0 Å². The Hall–Kier alpha value is -2.31. The predicted octanol–water partition coefficient (Wildman–Crippen LogP) is 3.38. The van der Waals surface area contributed by atoms with Gasteiger partial charge in [-0.3, -0.25) is 4.90 Å². The Balaban J connectivity index is 1.74. The fourth-order valence-electron chi connectivity index (χ4n) is 2.03. The molecule has 0 fully saturated rings. The van der Waals surface area contributed by atoms with Gasteiger partial charge >= 0.3 is 0 Å². The minimum absolute atomic E-state index is 0.633. The minimum Gasteiger partial charge on any atom is -0.492 e. The van der Waals surface area contributed by atoms with E-state index in [1.165, 1.54) is 11.1 Å². The summed E-state index contributed by atoms with van der Waals surface area (Å²) in [4.78, 5) is 2.23. The first kappa shape index (κ1) is 15.1. The Labute approximate surface area is 126 Å². The first-order valence-electron chi connectivity index (χ1n) is 7.04. The number of hydrogen-bond donors (Lipinski definition) is 0. The summed E-state index contributed by atoms with van der Waals surface area (Å²) in [6.07, 6.45) is 0. The number of likely N-dealkylation sites (N-methyl/N-ethyl adjacent to an activating group) is 1. The molecular weight excluding hydrogens is 260 g/mol. The van der Waals surface area contributed by atoms with E-state index in [0.29, 0.717) is 12.2 Å². The van der Waals surface area contributed by atoms with Crippen LogP contribution in [0.4, 0.5) is 0 Å². The average Bonchev–Trinajstić information content (AvgIpc) is 2.50. The molecule has 0 aliphatic rings. The predicted molar refractivity (Wildman–Crippen MR) is 84.2 cm³/mol. The van der Waals surface area contributed by atoms with Crippen LogP contribution in [0.2, 0.25) is 0 Å². The summed E-state index contributed by atoms with van der Waals surface area (Å²) in [5, 5.41) is 8.74. The average molecular weight is 280 g/mol. The summed E-state index contributed by atoms with van der Waals surface area (Å²) >= 11 is 0. The highest BCUT2D eigenvalue weighted by Gasteiger charge is 2.01. The van der Waals surface area contributed by atoms with Crippen LogP contribution in [0.3, 0.4) is 0 Å². The molecule has 0 aliphatic heterocycles. The molecule has 0 aromatic heterocycles. The van der Waals surface area contributed by atoms with Gasteiger partial charge < -0.3 is 4.74 Å². The van der Waals surface area contributed by atoms with Crippen molar-refractivity contribution < 1.29 is 4.74 Å². The standard InChI is InChI=1S/C18H20N2O/c1-15-3-5-17(6-4-15)14-20(2)11-12-21-18-9-7-16(13-19)8-10-18/h3-10H,11-12,14H2,1-2H3. The van der Waals surface area contributed by atoms with Crippen molar-refractivity contribution in [3.63, 3.8) is 0 Å². The fourth-order valence-corrected chi connectivity index (χ4v) is 2.03. The van der Waals surface area contributed by atoms with Gasteiger partial charge in [-0.25, -0.2) is 0 Å². The molecule has 21 heavy (non-hydrogen) atoms. The SMILES string of the molecule is Cc1ccc(CN(C)CCOc2ccc(C#N)cc2)cc1. The van der Waals surface area contributed by atoms with Crippen LogP contribution < -0.4 is 4.74 Å². The van der Waals surface area contributed by atoms with Gasteiger partial charge in [0.05, 0.1) is 11.6 Å². The number of rotatable bonds is 6. The van der Waals surface area contributed by atoms with Crippen LogP contribution in [0.1, 0.15) is 16.7 Å². The van der Waals surface area contributed by atoms with E-state index in [-0.39, 0.29) is 0 Å². The molecule has 0 bridgehead atoms. The lowest BCUT2D eigenvalue weighted by molar-refractivity contribution is 0.233. The van der Waals surface area contributed by atoms with Crippen molar-refractivity contribution in [1.82, 2.24) is 4.90 Å². The zero-order chi connectivity index (χ0) is 15.1. The van der Waals surface area contributed by atoms with E-state index in [1.54, 1.807) is 12.1 Å². The van der Waals surface area contributed by atoms with Gasteiger partial charge in [0.1, 0.15) is 12.4 Å². The third-order valence-corrected chi connectivity index (χ3v) is 3.30. The van der Waals surface area contributed by atoms with Crippen molar-refractivity contribution in [2.24, 2.45) is 0 Å². The Morgan fingerprint density at radius 3 is 2.33 bits per heavy atom. The molecule has 0 saturated carbocycles. The van der Waals surface area contributed by atoms with E-state index >= 15 is 0 Å². The van der Waals surface area contributed by atoms with Crippen LogP contribution in [0.15, 0.2) is 48.5 Å². The highest BCUT2D eigenvalue weighted by atomic mass is 16.5. The number of ether oxygens (including phenoxy) is 1. The van der Waals surface area contributed by atoms with E-state index in [1.807, 2.05) is 12.1 Å². The number of hydrogen-bond acceptors (Lipinski definition) is 3. The molecule has 2 aromatic rings. The fraction of sp³-hybridized carbons (Fsp3) is 0.278. The van der Waals surface area contributed by atoms with Crippen molar-refractivity contribution in [2.75, 3.05) is 20.2 Å². The molecule has 0 atom stereocenters. The largest absolute Gasteiger partial charge is 0.492 e. The van der Waals surface area contributed by atoms with Crippen LogP contribution in [0.5, 0.6) is 5.75 Å². The first-order valence-corrected chi connectivity index (χ1v) is 7.04. The summed E-state index contributed by atoms with van der Waals surface area (Å²) in [5.41, 5.74) is 3.24. The third-order valence-electron chi connectivity index (χ3n) is 3.30. The lowest BCUT2D eigenvalue weighted by Crippen LogP contribution is -2.23.